The van der Waals surface area contributed by atoms with Gasteiger partial charge in [0.1, 0.15) is 0 Å². The molecule has 2 N–H and O–H groups in total. The largest absolute Gasteiger partial charge is 0.326 e. The molecule has 1 nitrogen and oxygen atoms in total. The Bertz CT molecular complexity index is 376. The van der Waals surface area contributed by atoms with E-state index in [0.29, 0.717) is 6.54 Å². The second-order valence-electron chi connectivity index (χ2n) is 6.40. The summed E-state index contributed by atoms with van der Waals surface area (Å²) in [6.45, 7) is 5.09. The first kappa shape index (κ1) is 21.5. The molecule has 0 unspecified atom stereocenters. The molecular formula is C20H36ClN. The van der Waals surface area contributed by atoms with Crippen LogP contribution < -0.4 is 5.73 Å². The summed E-state index contributed by atoms with van der Waals surface area (Å²) >= 11 is 0. The average molecular weight is 326 g/mol. The van der Waals surface area contributed by atoms with E-state index in [0.717, 1.165) is 0 Å². The molecular weight excluding hydrogens is 290 g/mol. The molecule has 2 heteroatoms. The van der Waals surface area contributed by atoms with Crippen LogP contribution in [-0.2, 0) is 13.0 Å². The minimum absolute atomic E-state index is 0. The van der Waals surface area contributed by atoms with Crippen molar-refractivity contribution >= 4 is 12.4 Å². The normalized spacial score (nSPS) is 10.5. The minimum atomic E-state index is 0. The lowest BCUT2D eigenvalue weighted by atomic mass is 10.00. The summed E-state index contributed by atoms with van der Waals surface area (Å²) in [6.07, 6.45) is 15.3. The maximum absolute atomic E-state index is 5.77. The Labute approximate surface area is 144 Å². The lowest BCUT2D eigenvalue weighted by Gasteiger charge is -2.07. The fraction of sp³-hybridized carbons (Fsp3) is 0.700. The van der Waals surface area contributed by atoms with Crippen molar-refractivity contribution in [1.82, 2.24) is 0 Å². The van der Waals surface area contributed by atoms with Gasteiger partial charge < -0.3 is 5.73 Å². The van der Waals surface area contributed by atoms with Crippen molar-refractivity contribution < 1.29 is 0 Å². The van der Waals surface area contributed by atoms with E-state index < -0.39 is 0 Å². The lowest BCUT2D eigenvalue weighted by Crippen LogP contribution is -2.00. The standard InChI is InChI=1S/C20H35N.ClH/c1-3-4-5-6-7-8-9-10-11-12-13-19-15-14-18(2)20(16-19)17-21;/h14-16H,3-13,17,21H2,1-2H3;1H. The first-order valence-corrected chi connectivity index (χ1v) is 9.06. The van der Waals surface area contributed by atoms with Crippen molar-refractivity contribution in [2.45, 2.75) is 91.0 Å². The number of benzene rings is 1. The van der Waals surface area contributed by atoms with Crippen molar-refractivity contribution in [1.29, 1.82) is 0 Å². The Morgan fingerprint density at radius 2 is 1.36 bits per heavy atom. The van der Waals surface area contributed by atoms with Crippen LogP contribution in [0.3, 0.4) is 0 Å². The summed E-state index contributed by atoms with van der Waals surface area (Å²) in [5.74, 6) is 0. The second kappa shape index (κ2) is 14.1. The molecule has 0 heterocycles. The number of hydrogen-bond acceptors (Lipinski definition) is 1. The zero-order chi connectivity index (χ0) is 15.3. The van der Waals surface area contributed by atoms with Crippen molar-refractivity contribution in [2.24, 2.45) is 5.73 Å². The molecule has 0 saturated carbocycles. The average Bonchev–Trinajstić information content (AvgIpc) is 2.50. The Hall–Kier alpha value is -0.530. The van der Waals surface area contributed by atoms with Gasteiger partial charge in [-0.1, -0.05) is 82.9 Å². The lowest BCUT2D eigenvalue weighted by molar-refractivity contribution is 0.556. The number of rotatable bonds is 12. The summed E-state index contributed by atoms with van der Waals surface area (Å²) in [5.41, 5.74) is 9.86. The van der Waals surface area contributed by atoms with Crippen molar-refractivity contribution in [2.75, 3.05) is 0 Å². The third-order valence-corrected chi connectivity index (χ3v) is 4.45. The van der Waals surface area contributed by atoms with E-state index >= 15 is 0 Å². The molecule has 0 radical (unpaired) electrons. The predicted octanol–water partition coefficient (Wildman–Crippen LogP) is 6.34. The molecule has 128 valence electrons. The summed E-state index contributed by atoms with van der Waals surface area (Å²) < 4.78 is 0. The van der Waals surface area contributed by atoms with Gasteiger partial charge in [0.25, 0.3) is 0 Å². The van der Waals surface area contributed by atoms with Gasteiger partial charge in [-0.3, -0.25) is 0 Å². The number of nitrogens with two attached hydrogens (primary N) is 1. The van der Waals surface area contributed by atoms with Gasteiger partial charge in [0.15, 0.2) is 0 Å². The Kier molecular flexibility index (Phi) is 13.7. The number of unbranched alkanes of at least 4 members (excludes halogenated alkanes) is 9. The molecule has 1 aromatic carbocycles. The van der Waals surface area contributed by atoms with Crippen LogP contribution in [0.15, 0.2) is 18.2 Å². The molecule has 0 amide bonds. The molecule has 0 fully saturated rings. The first-order valence-electron chi connectivity index (χ1n) is 9.06. The maximum Gasteiger partial charge on any atom is 0.0180 e. The zero-order valence-electron chi connectivity index (χ0n) is 14.7. The predicted molar refractivity (Wildman–Crippen MR) is 102 cm³/mol. The number of aryl methyl sites for hydroxylation is 2. The molecule has 0 atom stereocenters. The highest BCUT2D eigenvalue weighted by Gasteiger charge is 1.99. The van der Waals surface area contributed by atoms with Gasteiger partial charge in [0.2, 0.25) is 0 Å². The highest BCUT2D eigenvalue weighted by Crippen LogP contribution is 2.15. The third kappa shape index (κ3) is 9.48. The summed E-state index contributed by atoms with van der Waals surface area (Å²) in [7, 11) is 0. The van der Waals surface area contributed by atoms with E-state index in [4.69, 9.17) is 5.73 Å². The quantitative estimate of drug-likeness (QED) is 0.446. The van der Waals surface area contributed by atoms with Crippen LogP contribution in [0.1, 0.15) is 87.8 Å². The van der Waals surface area contributed by atoms with E-state index in [1.807, 2.05) is 0 Å². The van der Waals surface area contributed by atoms with Gasteiger partial charge in [-0.2, -0.15) is 0 Å². The molecule has 22 heavy (non-hydrogen) atoms. The Morgan fingerprint density at radius 3 is 1.91 bits per heavy atom. The fourth-order valence-electron chi connectivity index (χ4n) is 2.92. The SMILES string of the molecule is CCCCCCCCCCCCc1ccc(C)c(CN)c1.Cl. The van der Waals surface area contributed by atoms with Gasteiger partial charge in [-0.25, -0.2) is 0 Å². The number of hydrogen-bond donors (Lipinski definition) is 1. The van der Waals surface area contributed by atoms with Crippen LogP contribution in [0, 0.1) is 6.92 Å². The van der Waals surface area contributed by atoms with Crippen molar-refractivity contribution in [3.8, 4) is 0 Å². The van der Waals surface area contributed by atoms with E-state index in [1.165, 1.54) is 87.3 Å². The van der Waals surface area contributed by atoms with Crippen LogP contribution in [-0.4, -0.2) is 0 Å². The van der Waals surface area contributed by atoms with Crippen LogP contribution >= 0.6 is 12.4 Å². The Morgan fingerprint density at radius 1 is 0.818 bits per heavy atom. The van der Waals surface area contributed by atoms with Gasteiger partial charge in [0.05, 0.1) is 0 Å². The highest BCUT2D eigenvalue weighted by atomic mass is 35.5. The van der Waals surface area contributed by atoms with Crippen LogP contribution in [0.4, 0.5) is 0 Å². The minimum Gasteiger partial charge on any atom is -0.326 e. The molecule has 0 aliphatic rings. The molecule has 0 spiro atoms. The summed E-state index contributed by atoms with van der Waals surface area (Å²) in [5, 5.41) is 0. The van der Waals surface area contributed by atoms with Crippen LogP contribution in [0.25, 0.3) is 0 Å². The summed E-state index contributed by atoms with van der Waals surface area (Å²) in [4.78, 5) is 0. The van der Waals surface area contributed by atoms with Gasteiger partial charge in [-0.15, -0.1) is 12.4 Å². The molecule has 1 aromatic rings. The van der Waals surface area contributed by atoms with E-state index in [9.17, 15) is 0 Å². The van der Waals surface area contributed by atoms with Gasteiger partial charge in [0, 0.05) is 6.54 Å². The zero-order valence-corrected chi connectivity index (χ0v) is 15.5. The van der Waals surface area contributed by atoms with Crippen LogP contribution in [0.2, 0.25) is 0 Å². The highest BCUT2D eigenvalue weighted by molar-refractivity contribution is 5.85. The van der Waals surface area contributed by atoms with Crippen molar-refractivity contribution in [3.05, 3.63) is 34.9 Å². The van der Waals surface area contributed by atoms with E-state index in [1.54, 1.807) is 0 Å². The van der Waals surface area contributed by atoms with Gasteiger partial charge in [-0.05, 0) is 36.5 Å². The molecule has 1 rings (SSSR count). The molecule has 0 aromatic heterocycles. The fourth-order valence-corrected chi connectivity index (χ4v) is 2.92. The van der Waals surface area contributed by atoms with Crippen molar-refractivity contribution in [3.63, 3.8) is 0 Å². The molecule has 0 aliphatic carbocycles. The Balaban J connectivity index is 0.00000441. The monoisotopic (exact) mass is 325 g/mol. The maximum atomic E-state index is 5.77. The topological polar surface area (TPSA) is 26.0 Å². The smallest absolute Gasteiger partial charge is 0.0180 e. The molecule has 0 saturated heterocycles. The molecule has 0 bridgehead atoms. The second-order valence-corrected chi connectivity index (χ2v) is 6.40. The van der Waals surface area contributed by atoms with E-state index in [2.05, 4.69) is 32.0 Å². The van der Waals surface area contributed by atoms with E-state index in [-0.39, 0.29) is 12.4 Å². The molecule has 0 aliphatic heterocycles. The van der Waals surface area contributed by atoms with Gasteiger partial charge >= 0.3 is 0 Å². The van der Waals surface area contributed by atoms with Crippen LogP contribution in [0.5, 0.6) is 0 Å². The third-order valence-electron chi connectivity index (χ3n) is 4.45. The first-order chi connectivity index (χ1) is 10.3. The summed E-state index contributed by atoms with van der Waals surface area (Å²) in [6, 6.07) is 6.78. The number of halogens is 1.